The van der Waals surface area contributed by atoms with E-state index < -0.39 is 0 Å². The van der Waals surface area contributed by atoms with Crippen LogP contribution < -0.4 is 5.32 Å². The molecule has 0 spiro atoms. The minimum Gasteiger partial charge on any atom is -0.392 e. The van der Waals surface area contributed by atoms with Crippen molar-refractivity contribution in [2.45, 2.75) is 37.8 Å². The van der Waals surface area contributed by atoms with Gasteiger partial charge >= 0.3 is 0 Å². The van der Waals surface area contributed by atoms with Gasteiger partial charge in [0.1, 0.15) is 0 Å². The van der Waals surface area contributed by atoms with E-state index in [9.17, 15) is 5.11 Å². The van der Waals surface area contributed by atoms with Gasteiger partial charge in [0, 0.05) is 19.2 Å². The van der Waals surface area contributed by atoms with Gasteiger partial charge in [-0.25, -0.2) is 0 Å². The monoisotopic (exact) mass is 185 g/mol. The predicted molar refractivity (Wildman–Crippen MR) is 50.6 cm³/mol. The molecule has 1 saturated carbocycles. The number of hydrogen-bond acceptors (Lipinski definition) is 3. The summed E-state index contributed by atoms with van der Waals surface area (Å²) in [6, 6.07) is 0.348. The summed E-state index contributed by atoms with van der Waals surface area (Å²) >= 11 is 0. The Bertz CT molecular complexity index is 157. The second kappa shape index (κ2) is 4.40. The first kappa shape index (κ1) is 9.44. The molecule has 1 unspecified atom stereocenters. The molecule has 3 nitrogen and oxygen atoms in total. The lowest BCUT2D eigenvalue weighted by atomic mass is 10.1. The van der Waals surface area contributed by atoms with Crippen molar-refractivity contribution < 1.29 is 9.84 Å². The third-order valence-corrected chi connectivity index (χ3v) is 3.17. The summed E-state index contributed by atoms with van der Waals surface area (Å²) in [5.41, 5.74) is 0. The van der Waals surface area contributed by atoms with Gasteiger partial charge in [-0.05, 0) is 31.6 Å². The van der Waals surface area contributed by atoms with Crippen molar-refractivity contribution in [3.8, 4) is 0 Å². The lowest BCUT2D eigenvalue weighted by Crippen LogP contribution is -2.38. The topological polar surface area (TPSA) is 41.5 Å². The van der Waals surface area contributed by atoms with Crippen molar-refractivity contribution in [2.75, 3.05) is 19.8 Å². The molecule has 3 atom stereocenters. The van der Waals surface area contributed by atoms with E-state index in [0.29, 0.717) is 12.0 Å². The van der Waals surface area contributed by atoms with Crippen LogP contribution in [0.5, 0.6) is 0 Å². The first-order chi connectivity index (χ1) is 6.36. The van der Waals surface area contributed by atoms with Gasteiger partial charge in [0.15, 0.2) is 0 Å². The molecule has 0 aromatic carbocycles. The normalized spacial score (nSPS) is 39.9. The Hall–Kier alpha value is -0.120. The number of nitrogens with one attached hydrogen (secondary N) is 1. The van der Waals surface area contributed by atoms with E-state index in [-0.39, 0.29) is 6.10 Å². The summed E-state index contributed by atoms with van der Waals surface area (Å²) in [6.45, 7) is 2.83. The predicted octanol–water partition coefficient (Wildman–Crippen LogP) is 0.526. The van der Waals surface area contributed by atoms with Crippen LogP contribution in [-0.2, 0) is 4.74 Å². The Kier molecular flexibility index (Phi) is 3.19. The highest BCUT2D eigenvalue weighted by atomic mass is 16.5. The maximum Gasteiger partial charge on any atom is 0.0693 e. The van der Waals surface area contributed by atoms with Gasteiger partial charge in [-0.15, -0.1) is 0 Å². The SMILES string of the molecule is O[C@@H]1CCC[C@H]1NCC1CCOC1. The summed E-state index contributed by atoms with van der Waals surface area (Å²) in [5.74, 6) is 0.674. The van der Waals surface area contributed by atoms with Crippen LogP contribution in [0.15, 0.2) is 0 Å². The quantitative estimate of drug-likeness (QED) is 0.674. The maximum atomic E-state index is 9.57. The standard InChI is InChI=1S/C10H19NO2/c12-10-3-1-2-9(10)11-6-8-4-5-13-7-8/h8-12H,1-7H2/t8?,9-,10-/m1/s1. The Morgan fingerprint density at radius 3 is 2.85 bits per heavy atom. The summed E-state index contributed by atoms with van der Waals surface area (Å²) in [6.07, 6.45) is 4.34. The molecule has 13 heavy (non-hydrogen) atoms. The molecule has 0 aromatic heterocycles. The van der Waals surface area contributed by atoms with Gasteiger partial charge in [-0.3, -0.25) is 0 Å². The third kappa shape index (κ3) is 2.42. The smallest absolute Gasteiger partial charge is 0.0693 e. The van der Waals surface area contributed by atoms with Crippen LogP contribution in [0, 0.1) is 5.92 Å². The third-order valence-electron chi connectivity index (χ3n) is 3.17. The highest BCUT2D eigenvalue weighted by Gasteiger charge is 2.26. The fourth-order valence-electron chi connectivity index (χ4n) is 2.24. The van der Waals surface area contributed by atoms with Gasteiger partial charge in [0.05, 0.1) is 12.7 Å². The van der Waals surface area contributed by atoms with E-state index in [1.165, 1.54) is 12.8 Å². The Balaban J connectivity index is 1.66. The van der Waals surface area contributed by atoms with E-state index in [4.69, 9.17) is 4.74 Å². The van der Waals surface area contributed by atoms with E-state index in [1.54, 1.807) is 0 Å². The van der Waals surface area contributed by atoms with Crippen molar-refractivity contribution >= 4 is 0 Å². The largest absolute Gasteiger partial charge is 0.392 e. The first-order valence-corrected chi connectivity index (χ1v) is 5.35. The molecule has 1 aliphatic heterocycles. The summed E-state index contributed by atoms with van der Waals surface area (Å²) in [7, 11) is 0. The van der Waals surface area contributed by atoms with Gasteiger partial charge in [0.2, 0.25) is 0 Å². The zero-order valence-electron chi connectivity index (χ0n) is 8.04. The van der Waals surface area contributed by atoms with Crippen molar-refractivity contribution in [2.24, 2.45) is 5.92 Å². The Morgan fingerprint density at radius 1 is 1.31 bits per heavy atom. The van der Waals surface area contributed by atoms with E-state index >= 15 is 0 Å². The average molecular weight is 185 g/mol. The molecule has 0 bridgehead atoms. The lowest BCUT2D eigenvalue weighted by Gasteiger charge is -2.18. The molecular weight excluding hydrogens is 166 g/mol. The molecule has 2 N–H and O–H groups in total. The molecule has 2 aliphatic rings. The summed E-state index contributed by atoms with van der Waals surface area (Å²) < 4.78 is 5.30. The summed E-state index contributed by atoms with van der Waals surface area (Å²) in [4.78, 5) is 0. The molecule has 0 amide bonds. The van der Waals surface area contributed by atoms with Gasteiger partial charge in [0.25, 0.3) is 0 Å². The fourth-order valence-corrected chi connectivity index (χ4v) is 2.24. The number of hydrogen-bond donors (Lipinski definition) is 2. The van der Waals surface area contributed by atoms with E-state index in [1.807, 2.05) is 0 Å². The zero-order chi connectivity index (χ0) is 9.10. The van der Waals surface area contributed by atoms with Crippen LogP contribution in [0.3, 0.4) is 0 Å². The number of aliphatic hydroxyl groups is 1. The van der Waals surface area contributed by atoms with E-state index in [0.717, 1.165) is 32.6 Å². The van der Waals surface area contributed by atoms with Crippen molar-refractivity contribution in [1.82, 2.24) is 5.32 Å². The molecule has 1 saturated heterocycles. The lowest BCUT2D eigenvalue weighted by molar-refractivity contribution is 0.143. The molecule has 2 rings (SSSR count). The van der Waals surface area contributed by atoms with Crippen molar-refractivity contribution in [3.05, 3.63) is 0 Å². The number of ether oxygens (including phenoxy) is 1. The fraction of sp³-hybridized carbons (Fsp3) is 1.00. The minimum absolute atomic E-state index is 0.109. The highest BCUT2D eigenvalue weighted by Crippen LogP contribution is 2.19. The second-order valence-electron chi connectivity index (χ2n) is 4.24. The van der Waals surface area contributed by atoms with Gasteiger partial charge < -0.3 is 15.2 Å². The minimum atomic E-state index is -0.109. The molecule has 0 aromatic rings. The van der Waals surface area contributed by atoms with Gasteiger partial charge in [-0.1, -0.05) is 0 Å². The molecule has 1 aliphatic carbocycles. The highest BCUT2D eigenvalue weighted by molar-refractivity contribution is 4.83. The van der Waals surface area contributed by atoms with Crippen molar-refractivity contribution in [3.63, 3.8) is 0 Å². The number of rotatable bonds is 3. The molecule has 3 heteroatoms. The van der Waals surface area contributed by atoms with Crippen LogP contribution in [0.4, 0.5) is 0 Å². The Morgan fingerprint density at radius 2 is 2.23 bits per heavy atom. The number of aliphatic hydroxyl groups excluding tert-OH is 1. The second-order valence-corrected chi connectivity index (χ2v) is 4.24. The van der Waals surface area contributed by atoms with Crippen LogP contribution in [0.25, 0.3) is 0 Å². The molecule has 0 radical (unpaired) electrons. The van der Waals surface area contributed by atoms with Crippen LogP contribution in [0.2, 0.25) is 0 Å². The van der Waals surface area contributed by atoms with Crippen molar-refractivity contribution in [1.29, 1.82) is 0 Å². The van der Waals surface area contributed by atoms with Crippen LogP contribution in [0.1, 0.15) is 25.7 Å². The molecule has 2 fully saturated rings. The van der Waals surface area contributed by atoms with Crippen LogP contribution >= 0.6 is 0 Å². The molecule has 76 valence electrons. The average Bonchev–Trinajstić information content (AvgIpc) is 2.72. The first-order valence-electron chi connectivity index (χ1n) is 5.35. The molecular formula is C10H19NO2. The summed E-state index contributed by atoms with van der Waals surface area (Å²) in [5, 5.41) is 13.0. The van der Waals surface area contributed by atoms with Crippen LogP contribution in [-0.4, -0.2) is 37.0 Å². The van der Waals surface area contributed by atoms with E-state index in [2.05, 4.69) is 5.32 Å². The maximum absolute atomic E-state index is 9.57. The Labute approximate surface area is 79.5 Å². The molecule has 1 heterocycles. The zero-order valence-corrected chi connectivity index (χ0v) is 8.04. The van der Waals surface area contributed by atoms with Gasteiger partial charge in [-0.2, -0.15) is 0 Å².